The molecule has 0 aliphatic carbocycles. The highest BCUT2D eigenvalue weighted by Crippen LogP contribution is 2.08. The lowest BCUT2D eigenvalue weighted by Gasteiger charge is -2.34. The monoisotopic (exact) mass is 276 g/mol. The molecular weight excluding hydrogens is 256 g/mol. The van der Waals surface area contributed by atoms with E-state index in [-0.39, 0.29) is 6.61 Å². The van der Waals surface area contributed by atoms with Crippen LogP contribution in [0.2, 0.25) is 0 Å². The average molecular weight is 276 g/mol. The Bertz CT molecular complexity index is 453. The van der Waals surface area contributed by atoms with E-state index in [9.17, 15) is 9.59 Å². The Hall–Kier alpha value is -1.88. The lowest BCUT2D eigenvalue weighted by Crippen LogP contribution is -2.50. The van der Waals surface area contributed by atoms with E-state index < -0.39 is 11.9 Å². The fourth-order valence-electron chi connectivity index (χ4n) is 2.27. The first kappa shape index (κ1) is 14.5. The van der Waals surface area contributed by atoms with Crippen molar-refractivity contribution in [2.24, 2.45) is 0 Å². The molecule has 0 unspecified atom stereocenters. The Morgan fingerprint density at radius 2 is 1.75 bits per heavy atom. The summed E-state index contributed by atoms with van der Waals surface area (Å²) in [6, 6.07) is 10.2. The zero-order valence-corrected chi connectivity index (χ0v) is 11.7. The van der Waals surface area contributed by atoms with Gasteiger partial charge in [0.1, 0.15) is 0 Å². The van der Waals surface area contributed by atoms with Crippen molar-refractivity contribution in [3.8, 4) is 0 Å². The van der Waals surface area contributed by atoms with Crippen molar-refractivity contribution >= 4 is 11.9 Å². The molecule has 20 heavy (non-hydrogen) atoms. The normalized spacial score (nSPS) is 15.9. The fraction of sp³-hybridized carbons (Fsp3) is 0.467. The average Bonchev–Trinajstić information content (AvgIpc) is 2.48. The summed E-state index contributed by atoms with van der Waals surface area (Å²) in [6.45, 7) is 5.51. The first-order valence-corrected chi connectivity index (χ1v) is 6.93. The second kappa shape index (κ2) is 7.05. The minimum atomic E-state index is -0.746. The second-order valence-electron chi connectivity index (χ2n) is 4.77. The number of rotatable bonds is 3. The van der Waals surface area contributed by atoms with Gasteiger partial charge in [0.2, 0.25) is 0 Å². The zero-order chi connectivity index (χ0) is 14.4. The van der Waals surface area contributed by atoms with E-state index in [1.807, 2.05) is 18.2 Å². The summed E-state index contributed by atoms with van der Waals surface area (Å²) in [5.74, 6) is -1.27. The molecule has 2 rings (SSSR count). The van der Waals surface area contributed by atoms with Gasteiger partial charge in [0.15, 0.2) is 0 Å². The number of ether oxygens (including phenoxy) is 1. The number of benzene rings is 1. The molecule has 1 saturated heterocycles. The van der Waals surface area contributed by atoms with Crippen LogP contribution in [0.1, 0.15) is 12.5 Å². The number of esters is 1. The van der Waals surface area contributed by atoms with E-state index >= 15 is 0 Å². The van der Waals surface area contributed by atoms with Gasteiger partial charge in [-0.15, -0.1) is 0 Å². The molecule has 0 spiro atoms. The van der Waals surface area contributed by atoms with Crippen molar-refractivity contribution in [3.05, 3.63) is 35.9 Å². The van der Waals surface area contributed by atoms with Crippen molar-refractivity contribution in [2.75, 3.05) is 32.8 Å². The van der Waals surface area contributed by atoms with Gasteiger partial charge in [0.05, 0.1) is 6.61 Å². The molecule has 0 bridgehead atoms. The Morgan fingerprint density at radius 3 is 2.35 bits per heavy atom. The van der Waals surface area contributed by atoms with E-state index in [1.165, 1.54) is 5.56 Å². The van der Waals surface area contributed by atoms with Gasteiger partial charge in [-0.3, -0.25) is 9.69 Å². The maximum atomic E-state index is 11.8. The van der Waals surface area contributed by atoms with Crippen LogP contribution < -0.4 is 0 Å². The van der Waals surface area contributed by atoms with E-state index in [2.05, 4.69) is 17.0 Å². The third kappa shape index (κ3) is 3.81. The van der Waals surface area contributed by atoms with Crippen LogP contribution in [0.5, 0.6) is 0 Å². The minimum absolute atomic E-state index is 0.235. The predicted molar refractivity (Wildman–Crippen MR) is 74.9 cm³/mol. The molecule has 5 nitrogen and oxygen atoms in total. The standard InChI is InChI=1S/C15H20N2O3/c1-2-20-15(19)14(18)17-10-8-16(9-11-17)12-13-6-4-3-5-7-13/h3-7H,2,8-12H2,1H3. The third-order valence-corrected chi connectivity index (χ3v) is 3.36. The van der Waals surface area contributed by atoms with Gasteiger partial charge in [-0.05, 0) is 12.5 Å². The molecule has 0 radical (unpaired) electrons. The molecule has 0 saturated carbocycles. The lowest BCUT2D eigenvalue weighted by molar-refractivity contribution is -0.160. The van der Waals surface area contributed by atoms with Crippen molar-refractivity contribution in [1.82, 2.24) is 9.80 Å². The summed E-state index contributed by atoms with van der Waals surface area (Å²) in [7, 11) is 0. The van der Waals surface area contributed by atoms with Crippen LogP contribution in [0.15, 0.2) is 30.3 Å². The molecule has 1 aromatic rings. The third-order valence-electron chi connectivity index (χ3n) is 3.36. The number of carbonyl (C=O) groups excluding carboxylic acids is 2. The van der Waals surface area contributed by atoms with Gasteiger partial charge in [-0.25, -0.2) is 4.79 Å². The predicted octanol–water partition coefficient (Wildman–Crippen LogP) is 0.894. The van der Waals surface area contributed by atoms with Gasteiger partial charge in [-0.1, -0.05) is 30.3 Å². The van der Waals surface area contributed by atoms with Crippen molar-refractivity contribution < 1.29 is 14.3 Å². The van der Waals surface area contributed by atoms with Crippen LogP contribution in [0, 0.1) is 0 Å². The Morgan fingerprint density at radius 1 is 1.10 bits per heavy atom. The number of hydrogen-bond donors (Lipinski definition) is 0. The number of carbonyl (C=O) groups is 2. The summed E-state index contributed by atoms with van der Waals surface area (Å²) in [6.07, 6.45) is 0. The zero-order valence-electron chi connectivity index (χ0n) is 11.7. The maximum absolute atomic E-state index is 11.8. The van der Waals surface area contributed by atoms with E-state index in [0.29, 0.717) is 13.1 Å². The Labute approximate surface area is 119 Å². The van der Waals surface area contributed by atoms with E-state index in [1.54, 1.807) is 11.8 Å². The summed E-state index contributed by atoms with van der Waals surface area (Å²) in [4.78, 5) is 27.0. The van der Waals surface area contributed by atoms with Crippen molar-refractivity contribution in [3.63, 3.8) is 0 Å². The quantitative estimate of drug-likeness (QED) is 0.608. The molecular formula is C15H20N2O3. The maximum Gasteiger partial charge on any atom is 0.397 e. The number of amides is 1. The van der Waals surface area contributed by atoms with Gasteiger partial charge in [-0.2, -0.15) is 0 Å². The number of piperazine rings is 1. The van der Waals surface area contributed by atoms with Gasteiger partial charge >= 0.3 is 11.9 Å². The van der Waals surface area contributed by atoms with Crippen LogP contribution >= 0.6 is 0 Å². The van der Waals surface area contributed by atoms with Crippen LogP contribution in [-0.4, -0.2) is 54.5 Å². The molecule has 1 aromatic carbocycles. The number of nitrogens with zero attached hydrogens (tertiary/aromatic N) is 2. The first-order valence-electron chi connectivity index (χ1n) is 6.93. The highest BCUT2D eigenvalue weighted by atomic mass is 16.5. The fourth-order valence-corrected chi connectivity index (χ4v) is 2.27. The second-order valence-corrected chi connectivity index (χ2v) is 4.77. The summed E-state index contributed by atoms with van der Waals surface area (Å²) < 4.78 is 4.74. The SMILES string of the molecule is CCOC(=O)C(=O)N1CCN(Cc2ccccc2)CC1. The summed E-state index contributed by atoms with van der Waals surface area (Å²) in [5, 5.41) is 0. The molecule has 108 valence electrons. The van der Waals surface area contributed by atoms with Crippen LogP contribution in [-0.2, 0) is 20.9 Å². The lowest BCUT2D eigenvalue weighted by atomic mass is 10.2. The van der Waals surface area contributed by atoms with Crippen molar-refractivity contribution in [1.29, 1.82) is 0 Å². The highest BCUT2D eigenvalue weighted by Gasteiger charge is 2.26. The molecule has 1 aliphatic rings. The molecule has 0 aromatic heterocycles. The molecule has 1 aliphatic heterocycles. The molecule has 5 heteroatoms. The Kier molecular flexibility index (Phi) is 5.12. The van der Waals surface area contributed by atoms with Gasteiger partial charge < -0.3 is 9.64 Å². The molecule has 0 atom stereocenters. The van der Waals surface area contributed by atoms with Crippen molar-refractivity contribution in [2.45, 2.75) is 13.5 Å². The van der Waals surface area contributed by atoms with E-state index in [0.717, 1.165) is 19.6 Å². The molecule has 0 N–H and O–H groups in total. The van der Waals surface area contributed by atoms with Crippen LogP contribution in [0.25, 0.3) is 0 Å². The largest absolute Gasteiger partial charge is 0.459 e. The minimum Gasteiger partial charge on any atom is -0.459 e. The summed E-state index contributed by atoms with van der Waals surface area (Å²) >= 11 is 0. The van der Waals surface area contributed by atoms with E-state index in [4.69, 9.17) is 4.74 Å². The van der Waals surface area contributed by atoms with Crippen LogP contribution in [0.3, 0.4) is 0 Å². The molecule has 1 heterocycles. The van der Waals surface area contributed by atoms with Crippen LogP contribution in [0.4, 0.5) is 0 Å². The first-order chi connectivity index (χ1) is 9.70. The topological polar surface area (TPSA) is 49.9 Å². The highest BCUT2D eigenvalue weighted by molar-refractivity contribution is 6.32. The Balaban J connectivity index is 1.80. The smallest absolute Gasteiger partial charge is 0.397 e. The van der Waals surface area contributed by atoms with Gasteiger partial charge in [0.25, 0.3) is 0 Å². The summed E-state index contributed by atoms with van der Waals surface area (Å²) in [5.41, 5.74) is 1.26. The molecule has 1 amide bonds. The van der Waals surface area contributed by atoms with Gasteiger partial charge in [0, 0.05) is 32.7 Å². The number of hydrogen-bond acceptors (Lipinski definition) is 4. The molecule has 1 fully saturated rings.